The Morgan fingerprint density at radius 2 is 1.80 bits per heavy atom. The summed E-state index contributed by atoms with van der Waals surface area (Å²) in [6.45, 7) is 8.52. The lowest BCUT2D eigenvalue weighted by Gasteiger charge is -2.14. The maximum Gasteiger partial charge on any atom is 0.263 e. The van der Waals surface area contributed by atoms with Crippen LogP contribution in [-0.2, 0) is 10.0 Å². The van der Waals surface area contributed by atoms with Crippen molar-refractivity contribution in [1.82, 2.24) is 4.72 Å². The van der Waals surface area contributed by atoms with Crippen LogP contribution in [0.25, 0.3) is 0 Å². The van der Waals surface area contributed by atoms with Gasteiger partial charge in [-0.25, -0.2) is 8.42 Å². The van der Waals surface area contributed by atoms with Crippen molar-refractivity contribution >= 4 is 35.0 Å². The fourth-order valence-corrected chi connectivity index (χ4v) is 3.85. The van der Waals surface area contributed by atoms with E-state index in [1.807, 2.05) is 13.2 Å². The third-order valence-electron chi connectivity index (χ3n) is 2.44. The van der Waals surface area contributed by atoms with Crippen molar-refractivity contribution in [3.8, 4) is 0 Å². The van der Waals surface area contributed by atoms with Crippen LogP contribution in [-0.4, -0.2) is 34.1 Å². The van der Waals surface area contributed by atoms with Gasteiger partial charge in [0.25, 0.3) is 10.0 Å². The van der Waals surface area contributed by atoms with Gasteiger partial charge in [0.15, 0.2) is 5.17 Å². The van der Waals surface area contributed by atoms with Crippen LogP contribution in [0, 0.1) is 6.92 Å². The van der Waals surface area contributed by atoms with E-state index in [0.717, 1.165) is 5.56 Å². The smallest absolute Gasteiger partial charge is 0.263 e. The van der Waals surface area contributed by atoms with Crippen LogP contribution in [0.4, 0.5) is 0 Å². The highest BCUT2D eigenvalue weighted by Gasteiger charge is 2.17. The average molecular weight is 331 g/mol. The highest BCUT2D eigenvalue weighted by Crippen LogP contribution is 2.12. The molecule has 0 spiro atoms. The summed E-state index contributed by atoms with van der Waals surface area (Å²) in [4.78, 5) is 4.65. The Morgan fingerprint density at radius 1 is 1.25 bits per heavy atom. The maximum atomic E-state index is 12.2. The summed E-state index contributed by atoms with van der Waals surface area (Å²) in [6, 6.07) is 6.78. The van der Waals surface area contributed by atoms with Gasteiger partial charge < -0.3 is 0 Å². The number of hydrogen-bond acceptors (Lipinski definition) is 4. The van der Waals surface area contributed by atoms with Crippen LogP contribution in [0.3, 0.4) is 0 Å². The van der Waals surface area contributed by atoms with Crippen LogP contribution in [0.15, 0.2) is 34.2 Å². The Kier molecular flexibility index (Phi) is 5.85. The predicted octanol–water partition coefficient (Wildman–Crippen LogP) is 2.87. The molecule has 0 aromatic heterocycles. The van der Waals surface area contributed by atoms with Crippen molar-refractivity contribution in [2.75, 3.05) is 12.4 Å². The molecule has 1 aromatic carbocycles. The molecule has 0 aliphatic carbocycles. The van der Waals surface area contributed by atoms with Crippen LogP contribution in [0.5, 0.6) is 0 Å². The number of benzene rings is 1. The lowest BCUT2D eigenvalue weighted by molar-refractivity contribution is 0.593. The van der Waals surface area contributed by atoms with E-state index in [4.69, 9.17) is 0 Å². The lowest BCUT2D eigenvalue weighted by Crippen LogP contribution is -2.31. The first-order valence-corrected chi connectivity index (χ1v) is 12.7. The van der Waals surface area contributed by atoms with Crippen molar-refractivity contribution in [3.63, 3.8) is 0 Å². The van der Waals surface area contributed by atoms with Crippen LogP contribution < -0.4 is 4.72 Å². The lowest BCUT2D eigenvalue weighted by atomic mass is 10.2. The van der Waals surface area contributed by atoms with Crippen molar-refractivity contribution < 1.29 is 8.42 Å². The topological polar surface area (TPSA) is 58.5 Å². The first kappa shape index (κ1) is 17.3. The molecular weight excluding hydrogens is 308 g/mol. The number of thioether (sulfide) groups is 1. The number of rotatable bonds is 4. The summed E-state index contributed by atoms with van der Waals surface area (Å²) in [5.74, 6) is 0. The van der Waals surface area contributed by atoms with E-state index in [1.165, 1.54) is 11.8 Å². The molecule has 0 atom stereocenters. The molecule has 0 bridgehead atoms. The number of nitrogens with zero attached hydrogens (tertiary/aromatic N) is 1. The molecule has 4 nitrogen and oxygen atoms in total. The van der Waals surface area contributed by atoms with Gasteiger partial charge in [-0.15, -0.1) is 0 Å². The second-order valence-electron chi connectivity index (χ2n) is 5.80. The Balaban J connectivity index is 2.91. The molecule has 0 saturated carbocycles. The van der Waals surface area contributed by atoms with Crippen molar-refractivity contribution in [2.24, 2.45) is 4.99 Å². The Labute approximate surface area is 127 Å². The van der Waals surface area contributed by atoms with Gasteiger partial charge in [-0.3, -0.25) is 9.71 Å². The molecule has 0 radical (unpaired) electrons. The van der Waals surface area contributed by atoms with E-state index in [0.29, 0.717) is 11.3 Å². The van der Waals surface area contributed by atoms with Crippen LogP contribution in [0.1, 0.15) is 5.56 Å². The zero-order valence-corrected chi connectivity index (χ0v) is 15.2. The zero-order chi connectivity index (χ0) is 15.4. The minimum Gasteiger partial charge on any atom is -0.265 e. The number of aliphatic imine (C=N–C) groups is 1. The highest BCUT2D eigenvalue weighted by molar-refractivity contribution is 8.14. The second kappa shape index (κ2) is 6.78. The summed E-state index contributed by atoms with van der Waals surface area (Å²) in [6.07, 6.45) is 2.53. The third-order valence-corrected chi connectivity index (χ3v) is 5.65. The molecule has 1 N–H and O–H groups in total. The van der Waals surface area contributed by atoms with Crippen molar-refractivity contribution in [3.05, 3.63) is 29.8 Å². The van der Waals surface area contributed by atoms with Crippen LogP contribution in [0.2, 0.25) is 19.6 Å². The summed E-state index contributed by atoms with van der Waals surface area (Å²) < 4.78 is 27.0. The summed E-state index contributed by atoms with van der Waals surface area (Å²) in [5.41, 5.74) is 1.03. The number of amidine groups is 1. The second-order valence-corrected chi connectivity index (χ2v) is 13.7. The third kappa shape index (κ3) is 5.68. The largest absolute Gasteiger partial charge is 0.265 e. The monoisotopic (exact) mass is 330 g/mol. The molecule has 0 aliphatic rings. The van der Waals surface area contributed by atoms with E-state index >= 15 is 0 Å². The maximum absolute atomic E-state index is 12.2. The molecule has 0 aliphatic heterocycles. The molecule has 0 amide bonds. The van der Waals surface area contributed by atoms with Gasteiger partial charge >= 0.3 is 0 Å². The van der Waals surface area contributed by atoms with Crippen LogP contribution >= 0.6 is 11.8 Å². The number of aryl methyl sites for hydroxylation is 1. The normalized spacial score (nSPS) is 13.3. The Bertz CT molecular complexity index is 575. The quantitative estimate of drug-likeness (QED) is 0.525. The Hall–Kier alpha value is -0.793. The van der Waals surface area contributed by atoms with E-state index in [9.17, 15) is 8.42 Å². The fourth-order valence-electron chi connectivity index (χ4n) is 1.34. The zero-order valence-electron chi connectivity index (χ0n) is 12.6. The Morgan fingerprint density at radius 3 is 2.25 bits per heavy atom. The van der Waals surface area contributed by atoms with E-state index in [1.54, 1.807) is 24.3 Å². The molecular formula is C13H22N2O2S2Si. The van der Waals surface area contributed by atoms with Crippen molar-refractivity contribution in [2.45, 2.75) is 31.5 Å². The first-order valence-electron chi connectivity index (χ1n) is 6.32. The molecule has 0 saturated heterocycles. The molecule has 20 heavy (non-hydrogen) atoms. The van der Waals surface area contributed by atoms with E-state index in [2.05, 4.69) is 29.4 Å². The highest BCUT2D eigenvalue weighted by atomic mass is 32.2. The summed E-state index contributed by atoms with van der Waals surface area (Å²) in [7, 11) is -4.88. The minimum atomic E-state index is -3.54. The van der Waals surface area contributed by atoms with Gasteiger partial charge in [0.1, 0.15) is 0 Å². The number of sulfonamides is 1. The predicted molar refractivity (Wildman–Crippen MR) is 90.7 cm³/mol. The number of nitrogens with one attached hydrogen (secondary N) is 1. The van der Waals surface area contributed by atoms with E-state index in [-0.39, 0.29) is 4.90 Å². The molecule has 7 heteroatoms. The molecule has 0 fully saturated rings. The van der Waals surface area contributed by atoms with Gasteiger partial charge in [-0.2, -0.15) is 0 Å². The molecule has 0 unspecified atom stereocenters. The van der Waals surface area contributed by atoms with Gasteiger partial charge in [-0.1, -0.05) is 49.1 Å². The minimum absolute atomic E-state index is 0.262. The van der Waals surface area contributed by atoms with Gasteiger partial charge in [0.05, 0.1) is 13.0 Å². The molecule has 112 valence electrons. The average Bonchev–Trinajstić information content (AvgIpc) is 2.34. The summed E-state index contributed by atoms with van der Waals surface area (Å²) in [5, 5.41) is 0.452. The van der Waals surface area contributed by atoms with Gasteiger partial charge in [-0.05, 0) is 25.3 Å². The van der Waals surface area contributed by atoms with Crippen molar-refractivity contribution in [1.29, 1.82) is 0 Å². The molecule has 1 aromatic rings. The molecule has 0 heterocycles. The number of hydrogen-bond donors (Lipinski definition) is 1. The SMILES string of the molecule is CS/C(=N\C[Si](C)(C)C)NS(=O)(=O)c1ccc(C)cc1. The molecule has 1 rings (SSSR count). The van der Waals surface area contributed by atoms with Gasteiger partial charge in [0, 0.05) is 6.17 Å². The first-order chi connectivity index (χ1) is 9.14. The standard InChI is InChI=1S/C13H22N2O2S2Si/c1-11-6-8-12(9-7-11)19(16,17)15-13(18-2)14-10-20(3,4)5/h6-9H,10H2,1-5H3,(H,14,15). The van der Waals surface area contributed by atoms with E-state index < -0.39 is 18.1 Å². The van der Waals surface area contributed by atoms with Gasteiger partial charge in [0.2, 0.25) is 0 Å². The fraction of sp³-hybridized carbons (Fsp3) is 0.462. The summed E-state index contributed by atoms with van der Waals surface area (Å²) >= 11 is 1.32.